The Morgan fingerprint density at radius 3 is 2.37 bits per heavy atom. The maximum atomic E-state index is 12.6. The lowest BCUT2D eigenvalue weighted by molar-refractivity contribution is -0.384. The van der Waals surface area contributed by atoms with Gasteiger partial charge >= 0.3 is 5.97 Å². The molecule has 192 valence electrons. The molecule has 1 atom stereocenters. The van der Waals surface area contributed by atoms with E-state index in [2.05, 4.69) is 15.9 Å². The number of non-ortho nitro benzene ring substituents is 1. The maximum absolute atomic E-state index is 12.6. The minimum atomic E-state index is -0.556. The first-order valence-corrected chi connectivity index (χ1v) is 12.4. The Bertz CT molecular complexity index is 975. The molecule has 0 spiro atoms. The van der Waals surface area contributed by atoms with Crippen LogP contribution in [0.15, 0.2) is 42.5 Å². The van der Waals surface area contributed by atoms with Gasteiger partial charge < -0.3 is 14.2 Å². The van der Waals surface area contributed by atoms with Crippen molar-refractivity contribution in [3.05, 3.63) is 63.7 Å². The fourth-order valence-electron chi connectivity index (χ4n) is 3.65. The Morgan fingerprint density at radius 2 is 1.80 bits per heavy atom. The first kappa shape index (κ1) is 28.6. The molecular formula is C26H35BrN2O6. The summed E-state index contributed by atoms with van der Waals surface area (Å²) in [6, 6.07) is 12.3. The maximum Gasteiger partial charge on any atom is 0.320 e. The monoisotopic (exact) mass is 550 g/mol. The molecule has 0 heterocycles. The van der Waals surface area contributed by atoms with Crippen LogP contribution < -0.4 is 9.47 Å². The van der Waals surface area contributed by atoms with E-state index in [1.807, 2.05) is 43.9 Å². The van der Waals surface area contributed by atoms with Crippen molar-refractivity contribution in [2.45, 2.75) is 57.0 Å². The van der Waals surface area contributed by atoms with E-state index in [1.165, 1.54) is 12.1 Å². The summed E-state index contributed by atoms with van der Waals surface area (Å²) >= 11 is 3.77. The number of methoxy groups -OCH3 is 2. The number of nitrogens with zero attached hydrogens (tertiary/aromatic N) is 2. The number of esters is 1. The van der Waals surface area contributed by atoms with Crippen LogP contribution in [0.4, 0.5) is 5.69 Å². The average Bonchev–Trinajstić information content (AvgIpc) is 2.78. The summed E-state index contributed by atoms with van der Waals surface area (Å²) in [5.41, 5.74) is 1.55. The molecule has 0 aliphatic carbocycles. The number of aryl methyl sites for hydroxylation is 1. The highest BCUT2D eigenvalue weighted by molar-refractivity contribution is 9.09. The Morgan fingerprint density at radius 1 is 1.11 bits per heavy atom. The summed E-state index contributed by atoms with van der Waals surface area (Å²) in [6.07, 6.45) is 2.60. The lowest BCUT2D eigenvalue weighted by atomic mass is 10.1. The smallest absolute Gasteiger partial charge is 0.320 e. The Kier molecular flexibility index (Phi) is 11.0. The van der Waals surface area contributed by atoms with Crippen LogP contribution in [0.1, 0.15) is 44.7 Å². The van der Waals surface area contributed by atoms with Crippen molar-refractivity contribution in [2.75, 3.05) is 27.3 Å². The molecule has 0 saturated carbocycles. The van der Waals surface area contributed by atoms with E-state index in [4.69, 9.17) is 14.2 Å². The number of alkyl halides is 1. The van der Waals surface area contributed by atoms with Crippen LogP contribution >= 0.6 is 15.9 Å². The summed E-state index contributed by atoms with van der Waals surface area (Å²) in [7, 11) is 3.22. The third-order valence-electron chi connectivity index (χ3n) is 5.25. The minimum absolute atomic E-state index is 0.0962. The Hall–Kier alpha value is -2.65. The van der Waals surface area contributed by atoms with Gasteiger partial charge in [-0.05, 0) is 51.7 Å². The largest absolute Gasteiger partial charge is 0.497 e. The van der Waals surface area contributed by atoms with Crippen LogP contribution in [0.3, 0.4) is 0 Å². The zero-order valence-corrected chi connectivity index (χ0v) is 22.7. The average molecular weight is 551 g/mol. The lowest BCUT2D eigenvalue weighted by Crippen LogP contribution is -2.37. The van der Waals surface area contributed by atoms with Gasteiger partial charge in [0.1, 0.15) is 17.1 Å². The fraction of sp³-hybridized carbons (Fsp3) is 0.500. The van der Waals surface area contributed by atoms with Crippen molar-refractivity contribution in [1.82, 2.24) is 4.90 Å². The number of benzene rings is 2. The third kappa shape index (κ3) is 10.2. The number of rotatable bonds is 13. The van der Waals surface area contributed by atoms with E-state index in [9.17, 15) is 14.9 Å². The lowest BCUT2D eigenvalue weighted by Gasteiger charge is -2.27. The summed E-state index contributed by atoms with van der Waals surface area (Å²) in [6.45, 7) is 6.86. The summed E-state index contributed by atoms with van der Waals surface area (Å²) in [5, 5.41) is 10.8. The van der Waals surface area contributed by atoms with Crippen molar-refractivity contribution in [3.8, 4) is 11.5 Å². The summed E-state index contributed by atoms with van der Waals surface area (Å²) in [4.78, 5) is 25.2. The molecular weight excluding hydrogens is 516 g/mol. The molecule has 8 nitrogen and oxygen atoms in total. The highest BCUT2D eigenvalue weighted by atomic mass is 79.9. The number of ether oxygens (including phenoxy) is 3. The van der Waals surface area contributed by atoms with E-state index in [-0.39, 0.29) is 23.0 Å². The molecule has 9 heteroatoms. The molecule has 0 aliphatic rings. The van der Waals surface area contributed by atoms with Crippen molar-refractivity contribution >= 4 is 27.6 Å². The Labute approximate surface area is 215 Å². The summed E-state index contributed by atoms with van der Waals surface area (Å²) < 4.78 is 16.4. The number of halogens is 1. The van der Waals surface area contributed by atoms with Crippen LogP contribution in [0.5, 0.6) is 11.5 Å². The van der Waals surface area contributed by atoms with Gasteiger partial charge in [-0.2, -0.15) is 0 Å². The molecule has 0 saturated heterocycles. The number of carbonyl (C=O) groups is 1. The van der Waals surface area contributed by atoms with Crippen LogP contribution in [0.2, 0.25) is 0 Å². The Balaban J connectivity index is 2.02. The van der Waals surface area contributed by atoms with E-state index < -0.39 is 10.5 Å². The van der Waals surface area contributed by atoms with Crippen molar-refractivity contribution in [2.24, 2.45) is 0 Å². The van der Waals surface area contributed by atoms with Gasteiger partial charge in [0.05, 0.1) is 25.7 Å². The molecule has 0 bridgehead atoms. The van der Waals surface area contributed by atoms with Crippen LogP contribution in [-0.4, -0.2) is 53.5 Å². The molecule has 2 aromatic carbocycles. The molecule has 0 radical (unpaired) electrons. The molecule has 0 aliphatic heterocycles. The van der Waals surface area contributed by atoms with Gasteiger partial charge in [-0.15, -0.1) is 0 Å². The van der Waals surface area contributed by atoms with E-state index in [1.54, 1.807) is 26.4 Å². The topological polar surface area (TPSA) is 91.1 Å². The van der Waals surface area contributed by atoms with Gasteiger partial charge in [0.25, 0.3) is 5.69 Å². The van der Waals surface area contributed by atoms with E-state index in [0.717, 1.165) is 30.4 Å². The molecule has 0 N–H and O–H groups in total. The second kappa shape index (κ2) is 13.4. The minimum Gasteiger partial charge on any atom is -0.497 e. The predicted molar refractivity (Wildman–Crippen MR) is 139 cm³/mol. The van der Waals surface area contributed by atoms with Gasteiger partial charge in [0.15, 0.2) is 0 Å². The standard InChI is InChI=1S/C26H35BrN2O6/c1-26(2,3)35-25(30)18-28(16-20-11-14-23(33-4)15-24(20)34-5)17-21(27)8-6-7-19-9-12-22(13-10-19)29(31)32/h9-15,21H,6-8,16-18H2,1-5H3. The molecule has 0 fully saturated rings. The second-order valence-corrected chi connectivity index (χ2v) is 10.6. The second-order valence-electron chi connectivity index (χ2n) is 9.35. The van der Waals surface area contributed by atoms with Gasteiger partial charge in [-0.3, -0.25) is 19.8 Å². The van der Waals surface area contributed by atoms with Gasteiger partial charge in [-0.25, -0.2) is 0 Å². The highest BCUT2D eigenvalue weighted by Gasteiger charge is 2.22. The molecule has 2 rings (SSSR count). The van der Waals surface area contributed by atoms with E-state index in [0.29, 0.717) is 24.6 Å². The molecule has 1 unspecified atom stereocenters. The number of carbonyl (C=O) groups excluding carboxylic acids is 1. The first-order chi connectivity index (χ1) is 16.5. The number of hydrogen-bond acceptors (Lipinski definition) is 7. The van der Waals surface area contributed by atoms with Gasteiger partial charge in [0.2, 0.25) is 0 Å². The quantitative estimate of drug-likeness (QED) is 0.140. The highest BCUT2D eigenvalue weighted by Crippen LogP contribution is 2.26. The summed E-state index contributed by atoms with van der Waals surface area (Å²) in [5.74, 6) is 1.12. The van der Waals surface area contributed by atoms with Crippen LogP contribution in [0, 0.1) is 10.1 Å². The fourth-order valence-corrected chi connectivity index (χ4v) is 4.38. The molecule has 35 heavy (non-hydrogen) atoms. The normalized spacial score (nSPS) is 12.3. The van der Waals surface area contributed by atoms with Crippen LogP contribution in [0.25, 0.3) is 0 Å². The van der Waals surface area contributed by atoms with Gasteiger partial charge in [0, 0.05) is 41.7 Å². The van der Waals surface area contributed by atoms with Crippen LogP contribution in [-0.2, 0) is 22.5 Å². The zero-order valence-electron chi connectivity index (χ0n) is 21.1. The SMILES string of the molecule is COc1ccc(CN(CC(=O)OC(C)(C)C)CC(Br)CCCc2ccc([N+](=O)[O-])cc2)c(OC)c1. The van der Waals surface area contributed by atoms with Crippen molar-refractivity contribution < 1.29 is 23.9 Å². The first-order valence-electron chi connectivity index (χ1n) is 11.5. The molecule has 0 amide bonds. The third-order valence-corrected chi connectivity index (χ3v) is 5.99. The van der Waals surface area contributed by atoms with E-state index >= 15 is 0 Å². The van der Waals surface area contributed by atoms with Gasteiger partial charge in [-0.1, -0.05) is 34.1 Å². The predicted octanol–water partition coefficient (Wildman–Crippen LogP) is 5.54. The number of nitro groups is 1. The van der Waals surface area contributed by atoms with Crippen molar-refractivity contribution in [3.63, 3.8) is 0 Å². The zero-order chi connectivity index (χ0) is 26.0. The number of hydrogen-bond donors (Lipinski definition) is 0. The number of nitro benzene ring substituents is 1. The molecule has 2 aromatic rings. The van der Waals surface area contributed by atoms with Crippen molar-refractivity contribution in [1.29, 1.82) is 0 Å². The molecule has 0 aromatic heterocycles.